The highest BCUT2D eigenvalue weighted by Gasteiger charge is 2.64. The summed E-state index contributed by atoms with van der Waals surface area (Å²) in [5, 5.41) is 1.69. The first-order valence-corrected chi connectivity index (χ1v) is 8.33. The molecular formula is C10H12F3N3O2S2. The SMILES string of the molecule is Nc1nsc(NC2(C(F)(F)F)CC2)c1S(=O)(=O)C1CC1. The maximum absolute atomic E-state index is 12.9. The molecule has 0 bridgehead atoms. The minimum absolute atomic E-state index is 0.0722. The minimum Gasteiger partial charge on any atom is -0.382 e. The van der Waals surface area contributed by atoms with E-state index in [4.69, 9.17) is 5.73 Å². The average molecular weight is 327 g/mol. The van der Waals surface area contributed by atoms with Crippen molar-refractivity contribution in [1.82, 2.24) is 4.37 Å². The number of halogens is 3. The summed E-state index contributed by atoms with van der Waals surface area (Å²) < 4.78 is 66.9. The van der Waals surface area contributed by atoms with Crippen LogP contribution in [-0.4, -0.2) is 29.8 Å². The monoisotopic (exact) mass is 327 g/mol. The van der Waals surface area contributed by atoms with Gasteiger partial charge in [-0.05, 0) is 37.2 Å². The van der Waals surface area contributed by atoms with Crippen LogP contribution in [0.1, 0.15) is 25.7 Å². The molecule has 0 amide bonds. The molecule has 0 atom stereocenters. The molecule has 0 unspecified atom stereocenters. The zero-order valence-corrected chi connectivity index (χ0v) is 11.8. The Bertz CT molecular complexity index is 645. The molecule has 112 valence electrons. The predicted molar refractivity (Wildman–Crippen MR) is 68.4 cm³/mol. The lowest BCUT2D eigenvalue weighted by molar-refractivity contribution is -0.151. The Morgan fingerprint density at radius 2 is 1.95 bits per heavy atom. The molecule has 2 aliphatic rings. The van der Waals surface area contributed by atoms with Gasteiger partial charge in [-0.3, -0.25) is 0 Å². The van der Waals surface area contributed by atoms with Gasteiger partial charge in [-0.15, -0.1) is 0 Å². The Kier molecular flexibility index (Phi) is 2.79. The van der Waals surface area contributed by atoms with Gasteiger partial charge in [0.25, 0.3) is 0 Å². The van der Waals surface area contributed by atoms with Crippen LogP contribution in [-0.2, 0) is 9.84 Å². The third kappa shape index (κ3) is 2.05. The predicted octanol–water partition coefficient (Wildman–Crippen LogP) is 2.17. The van der Waals surface area contributed by atoms with Gasteiger partial charge < -0.3 is 11.1 Å². The Morgan fingerprint density at radius 3 is 2.40 bits per heavy atom. The molecule has 2 saturated carbocycles. The summed E-state index contributed by atoms with van der Waals surface area (Å²) in [6, 6.07) is 0. The molecule has 0 radical (unpaired) electrons. The average Bonchev–Trinajstić information content (AvgIpc) is 3.17. The summed E-state index contributed by atoms with van der Waals surface area (Å²) >= 11 is 0.666. The van der Waals surface area contributed by atoms with E-state index in [0.29, 0.717) is 24.4 Å². The molecule has 0 aromatic carbocycles. The third-order valence-electron chi connectivity index (χ3n) is 3.57. The van der Waals surface area contributed by atoms with Gasteiger partial charge in [-0.1, -0.05) is 0 Å². The number of nitrogens with one attached hydrogen (secondary N) is 1. The normalized spacial score (nSPS) is 21.8. The summed E-state index contributed by atoms with van der Waals surface area (Å²) in [4.78, 5) is -0.263. The van der Waals surface area contributed by atoms with Crippen molar-refractivity contribution in [3.8, 4) is 0 Å². The number of hydrogen-bond donors (Lipinski definition) is 2. The first-order chi connectivity index (χ1) is 9.17. The van der Waals surface area contributed by atoms with Gasteiger partial charge in [0.15, 0.2) is 15.7 Å². The number of anilines is 2. The highest BCUT2D eigenvalue weighted by molar-refractivity contribution is 7.92. The first kappa shape index (κ1) is 13.9. The van der Waals surface area contributed by atoms with Gasteiger partial charge in [-0.2, -0.15) is 17.5 Å². The molecule has 2 fully saturated rings. The summed E-state index contributed by atoms with van der Waals surface area (Å²) in [6.07, 6.45) is -3.54. The van der Waals surface area contributed by atoms with Gasteiger partial charge in [0, 0.05) is 0 Å². The zero-order chi connectivity index (χ0) is 14.8. The van der Waals surface area contributed by atoms with Crippen molar-refractivity contribution in [2.24, 2.45) is 0 Å². The van der Waals surface area contributed by atoms with Crippen LogP contribution in [0, 0.1) is 0 Å². The number of rotatable bonds is 4. The van der Waals surface area contributed by atoms with Gasteiger partial charge >= 0.3 is 6.18 Å². The maximum Gasteiger partial charge on any atom is 0.411 e. The molecular weight excluding hydrogens is 315 g/mol. The Hall–Kier alpha value is -1.03. The fraction of sp³-hybridized carbons (Fsp3) is 0.700. The zero-order valence-electron chi connectivity index (χ0n) is 10.2. The van der Waals surface area contributed by atoms with E-state index >= 15 is 0 Å². The van der Waals surface area contributed by atoms with E-state index in [1.807, 2.05) is 0 Å². The van der Waals surface area contributed by atoms with Crippen LogP contribution in [0.2, 0.25) is 0 Å². The molecule has 0 aliphatic heterocycles. The van der Waals surface area contributed by atoms with Crippen molar-refractivity contribution in [1.29, 1.82) is 0 Å². The smallest absolute Gasteiger partial charge is 0.382 e. The molecule has 1 aromatic heterocycles. The number of aromatic nitrogens is 1. The van der Waals surface area contributed by atoms with Crippen LogP contribution >= 0.6 is 11.5 Å². The number of sulfone groups is 1. The lowest BCUT2D eigenvalue weighted by atomic mass is 10.2. The molecule has 0 spiro atoms. The molecule has 0 saturated heterocycles. The van der Waals surface area contributed by atoms with Gasteiger partial charge in [0.05, 0.1) is 5.25 Å². The molecule has 1 aromatic rings. The molecule has 10 heteroatoms. The molecule has 5 nitrogen and oxygen atoms in total. The van der Waals surface area contributed by atoms with Crippen LogP contribution in [0.25, 0.3) is 0 Å². The fourth-order valence-corrected chi connectivity index (χ4v) is 4.98. The van der Waals surface area contributed by atoms with Crippen molar-refractivity contribution in [3.05, 3.63) is 0 Å². The van der Waals surface area contributed by atoms with E-state index in [1.165, 1.54) is 0 Å². The van der Waals surface area contributed by atoms with Gasteiger partial charge in [0.1, 0.15) is 15.4 Å². The fourth-order valence-electron chi connectivity index (χ4n) is 2.02. The largest absolute Gasteiger partial charge is 0.411 e. The van der Waals surface area contributed by atoms with Gasteiger partial charge in [0.2, 0.25) is 0 Å². The van der Waals surface area contributed by atoms with Crippen LogP contribution in [0.5, 0.6) is 0 Å². The summed E-state index contributed by atoms with van der Waals surface area (Å²) in [5.41, 5.74) is 3.51. The van der Waals surface area contributed by atoms with E-state index < -0.39 is 26.8 Å². The molecule has 20 heavy (non-hydrogen) atoms. The van der Waals surface area contributed by atoms with Crippen LogP contribution in [0.15, 0.2) is 4.90 Å². The summed E-state index contributed by atoms with van der Waals surface area (Å²) in [5.74, 6) is -0.220. The lowest BCUT2D eigenvalue weighted by Gasteiger charge is -2.21. The van der Waals surface area contributed by atoms with E-state index in [1.54, 1.807) is 0 Å². The minimum atomic E-state index is -4.42. The molecule has 3 N–H and O–H groups in total. The number of nitrogens with zero attached hydrogens (tertiary/aromatic N) is 1. The highest BCUT2D eigenvalue weighted by atomic mass is 32.2. The standard InChI is InChI=1S/C10H12F3N3O2S2/c11-10(12,13)9(3-4-9)15-8-6(7(14)16-19-8)20(17,18)5-1-2-5/h5,15H,1-4H2,(H2,14,16). The van der Waals surface area contributed by atoms with Crippen LogP contribution < -0.4 is 11.1 Å². The first-order valence-electron chi connectivity index (χ1n) is 6.01. The van der Waals surface area contributed by atoms with Gasteiger partial charge in [-0.25, -0.2) is 8.42 Å². The Morgan fingerprint density at radius 1 is 1.35 bits per heavy atom. The van der Waals surface area contributed by atoms with Crippen molar-refractivity contribution in [2.75, 3.05) is 11.1 Å². The summed E-state index contributed by atoms with van der Waals surface area (Å²) in [7, 11) is -3.68. The summed E-state index contributed by atoms with van der Waals surface area (Å²) in [6.45, 7) is 0. The van der Waals surface area contributed by atoms with E-state index in [2.05, 4.69) is 9.69 Å². The van der Waals surface area contributed by atoms with E-state index in [-0.39, 0.29) is 28.6 Å². The van der Waals surface area contributed by atoms with Crippen molar-refractivity contribution < 1.29 is 21.6 Å². The quantitative estimate of drug-likeness (QED) is 0.885. The number of alkyl halides is 3. The molecule has 3 rings (SSSR count). The number of hydrogen-bond acceptors (Lipinski definition) is 6. The lowest BCUT2D eigenvalue weighted by Crippen LogP contribution is -2.38. The third-order valence-corrected chi connectivity index (χ3v) is 6.80. The van der Waals surface area contributed by atoms with Crippen molar-refractivity contribution in [2.45, 2.75) is 47.5 Å². The van der Waals surface area contributed by atoms with Crippen LogP contribution in [0.3, 0.4) is 0 Å². The van der Waals surface area contributed by atoms with E-state index in [9.17, 15) is 21.6 Å². The topological polar surface area (TPSA) is 85.1 Å². The second kappa shape index (κ2) is 4.00. The van der Waals surface area contributed by atoms with Crippen molar-refractivity contribution in [3.63, 3.8) is 0 Å². The second-order valence-electron chi connectivity index (χ2n) is 5.18. The molecule has 1 heterocycles. The second-order valence-corrected chi connectivity index (χ2v) is 8.11. The Labute approximate surface area is 117 Å². The van der Waals surface area contributed by atoms with E-state index in [0.717, 1.165) is 0 Å². The highest BCUT2D eigenvalue weighted by Crippen LogP contribution is 2.53. The molecule has 2 aliphatic carbocycles. The Balaban J connectivity index is 1.97. The van der Waals surface area contributed by atoms with Crippen LogP contribution in [0.4, 0.5) is 24.0 Å². The maximum atomic E-state index is 12.9. The number of nitrogens with two attached hydrogens (primary N) is 1. The number of nitrogen functional groups attached to an aromatic ring is 1. The van der Waals surface area contributed by atoms with Crippen molar-refractivity contribution >= 4 is 32.2 Å².